The van der Waals surface area contributed by atoms with Crippen LogP contribution in [0.3, 0.4) is 0 Å². The maximum atomic E-state index is 11.9. The topological polar surface area (TPSA) is 43.8 Å². The van der Waals surface area contributed by atoms with Crippen LogP contribution in [0.2, 0.25) is 0 Å². The van der Waals surface area contributed by atoms with Crippen molar-refractivity contribution < 1.29 is 9.90 Å². The Morgan fingerprint density at radius 2 is 2.10 bits per heavy atom. The van der Waals surface area contributed by atoms with Crippen LogP contribution in [-0.4, -0.2) is 53.6 Å². The average molecular weight is 308 g/mol. The van der Waals surface area contributed by atoms with Gasteiger partial charge in [0, 0.05) is 26.1 Å². The number of carbonyl (C=O) groups is 1. The normalized spacial score (nSPS) is 22.9. The van der Waals surface area contributed by atoms with E-state index in [-0.39, 0.29) is 12.5 Å². The van der Waals surface area contributed by atoms with Crippen molar-refractivity contribution in [1.82, 2.24) is 9.80 Å². The third kappa shape index (κ3) is 3.47. The highest BCUT2D eigenvalue weighted by Crippen LogP contribution is 2.40. The van der Waals surface area contributed by atoms with Crippen LogP contribution in [0.1, 0.15) is 31.2 Å². The monoisotopic (exact) mass is 308 g/mol. The zero-order chi connectivity index (χ0) is 14.7. The van der Waals surface area contributed by atoms with Gasteiger partial charge in [-0.1, -0.05) is 0 Å². The molecular formula is C16H24N2O2S. The van der Waals surface area contributed by atoms with Crippen molar-refractivity contribution in [2.45, 2.75) is 32.2 Å². The Balaban J connectivity index is 1.55. The van der Waals surface area contributed by atoms with Crippen LogP contribution in [0.4, 0.5) is 0 Å². The van der Waals surface area contributed by atoms with E-state index in [0.29, 0.717) is 18.4 Å². The molecule has 0 aromatic carbocycles. The first-order chi connectivity index (χ1) is 10.2. The van der Waals surface area contributed by atoms with E-state index in [9.17, 15) is 4.79 Å². The van der Waals surface area contributed by atoms with Crippen LogP contribution >= 0.6 is 11.3 Å². The summed E-state index contributed by atoms with van der Waals surface area (Å²) in [5.41, 5.74) is 1.71. The molecule has 2 saturated heterocycles. The van der Waals surface area contributed by atoms with Crippen molar-refractivity contribution in [3.05, 3.63) is 22.4 Å². The lowest BCUT2D eigenvalue weighted by molar-refractivity contribution is -0.139. The number of rotatable bonds is 4. The molecule has 0 aliphatic carbocycles. The van der Waals surface area contributed by atoms with E-state index in [2.05, 4.69) is 21.7 Å². The predicted octanol–water partition coefficient (Wildman–Crippen LogP) is 1.94. The van der Waals surface area contributed by atoms with Crippen LogP contribution in [-0.2, 0) is 11.3 Å². The van der Waals surface area contributed by atoms with Crippen LogP contribution in [0.5, 0.6) is 0 Å². The SMILES string of the molecule is O=C1CCC2(CCN(Cc3ccsc3)CC2)CN1CCO. The maximum Gasteiger partial charge on any atom is 0.222 e. The second-order valence-corrected chi connectivity index (χ2v) is 7.23. The Labute approximate surface area is 130 Å². The van der Waals surface area contributed by atoms with Gasteiger partial charge in [0.15, 0.2) is 0 Å². The molecule has 2 aliphatic heterocycles. The Morgan fingerprint density at radius 3 is 2.76 bits per heavy atom. The molecule has 3 heterocycles. The first-order valence-electron chi connectivity index (χ1n) is 7.83. The summed E-state index contributed by atoms with van der Waals surface area (Å²) in [7, 11) is 0. The number of aliphatic hydroxyl groups is 1. The molecule has 1 amide bonds. The molecule has 0 saturated carbocycles. The highest BCUT2D eigenvalue weighted by atomic mass is 32.1. The highest BCUT2D eigenvalue weighted by Gasteiger charge is 2.40. The van der Waals surface area contributed by atoms with E-state index in [1.165, 1.54) is 18.4 Å². The molecule has 5 heteroatoms. The molecule has 0 unspecified atom stereocenters. The number of β-amino-alcohol motifs (C(OH)–C–C–N with tert-alkyl or cyclic N) is 1. The van der Waals surface area contributed by atoms with Crippen molar-refractivity contribution in [3.8, 4) is 0 Å². The van der Waals surface area contributed by atoms with E-state index in [0.717, 1.165) is 32.6 Å². The third-order valence-electron chi connectivity index (χ3n) is 5.02. The van der Waals surface area contributed by atoms with Crippen molar-refractivity contribution in [2.75, 3.05) is 32.8 Å². The Morgan fingerprint density at radius 1 is 1.29 bits per heavy atom. The summed E-state index contributed by atoms with van der Waals surface area (Å²) in [6.45, 7) is 4.72. The molecule has 2 fully saturated rings. The molecular weight excluding hydrogens is 284 g/mol. The summed E-state index contributed by atoms with van der Waals surface area (Å²) >= 11 is 1.76. The summed E-state index contributed by atoms with van der Waals surface area (Å²) in [5, 5.41) is 13.5. The molecule has 0 bridgehead atoms. The van der Waals surface area contributed by atoms with Crippen LogP contribution in [0.15, 0.2) is 16.8 Å². The van der Waals surface area contributed by atoms with Gasteiger partial charge in [0.2, 0.25) is 5.91 Å². The molecule has 1 aromatic rings. The van der Waals surface area contributed by atoms with Gasteiger partial charge < -0.3 is 10.0 Å². The quantitative estimate of drug-likeness (QED) is 0.924. The highest BCUT2D eigenvalue weighted by molar-refractivity contribution is 7.07. The summed E-state index contributed by atoms with van der Waals surface area (Å²) in [4.78, 5) is 16.3. The van der Waals surface area contributed by atoms with Crippen LogP contribution in [0.25, 0.3) is 0 Å². The Hall–Kier alpha value is -0.910. The molecule has 0 atom stereocenters. The fraction of sp³-hybridized carbons (Fsp3) is 0.688. The van der Waals surface area contributed by atoms with E-state index < -0.39 is 0 Å². The van der Waals surface area contributed by atoms with E-state index in [1.807, 2.05) is 4.90 Å². The van der Waals surface area contributed by atoms with Crippen molar-refractivity contribution in [2.24, 2.45) is 5.41 Å². The van der Waals surface area contributed by atoms with Crippen molar-refractivity contribution in [1.29, 1.82) is 0 Å². The fourth-order valence-corrected chi connectivity index (χ4v) is 4.32. The van der Waals surface area contributed by atoms with Gasteiger partial charge in [-0.05, 0) is 60.2 Å². The lowest BCUT2D eigenvalue weighted by Crippen LogP contribution is -2.51. The first kappa shape index (κ1) is 15.0. The number of aliphatic hydroxyl groups excluding tert-OH is 1. The lowest BCUT2D eigenvalue weighted by Gasteiger charge is -2.47. The van der Waals surface area contributed by atoms with Gasteiger partial charge in [-0.25, -0.2) is 0 Å². The minimum absolute atomic E-state index is 0.0755. The van der Waals surface area contributed by atoms with E-state index >= 15 is 0 Å². The zero-order valence-corrected chi connectivity index (χ0v) is 13.3. The number of amides is 1. The van der Waals surface area contributed by atoms with Gasteiger partial charge in [0.25, 0.3) is 0 Å². The van der Waals surface area contributed by atoms with Crippen LogP contribution < -0.4 is 0 Å². The Bertz CT molecular complexity index is 467. The summed E-state index contributed by atoms with van der Waals surface area (Å²) in [6.07, 6.45) is 4.03. The first-order valence-corrected chi connectivity index (χ1v) is 8.77. The second-order valence-electron chi connectivity index (χ2n) is 6.45. The van der Waals surface area contributed by atoms with Gasteiger partial charge in [-0.3, -0.25) is 9.69 Å². The second kappa shape index (κ2) is 6.46. The molecule has 4 nitrogen and oxygen atoms in total. The average Bonchev–Trinajstić information content (AvgIpc) is 2.99. The minimum atomic E-state index is 0.0755. The summed E-state index contributed by atoms with van der Waals surface area (Å²) < 4.78 is 0. The van der Waals surface area contributed by atoms with Crippen LogP contribution in [0, 0.1) is 5.41 Å². The Kier molecular flexibility index (Phi) is 4.62. The fourth-order valence-electron chi connectivity index (χ4n) is 3.66. The summed E-state index contributed by atoms with van der Waals surface area (Å²) in [5.74, 6) is 0.218. The molecule has 3 rings (SSSR count). The van der Waals surface area contributed by atoms with Gasteiger partial charge in [-0.15, -0.1) is 0 Å². The van der Waals surface area contributed by atoms with Gasteiger partial charge >= 0.3 is 0 Å². The van der Waals surface area contributed by atoms with E-state index in [4.69, 9.17) is 5.11 Å². The van der Waals surface area contributed by atoms with Gasteiger partial charge in [0.05, 0.1) is 6.61 Å². The lowest BCUT2D eigenvalue weighted by atomic mass is 9.72. The summed E-state index contributed by atoms with van der Waals surface area (Å²) in [6, 6.07) is 2.21. The molecule has 1 spiro atoms. The van der Waals surface area contributed by atoms with E-state index in [1.54, 1.807) is 11.3 Å². The molecule has 1 aromatic heterocycles. The number of hydrogen-bond acceptors (Lipinski definition) is 4. The number of carbonyl (C=O) groups excluding carboxylic acids is 1. The molecule has 116 valence electrons. The number of nitrogens with zero attached hydrogens (tertiary/aromatic N) is 2. The molecule has 0 radical (unpaired) electrons. The number of hydrogen-bond donors (Lipinski definition) is 1. The maximum absolute atomic E-state index is 11.9. The zero-order valence-electron chi connectivity index (χ0n) is 12.5. The standard InChI is InChI=1S/C16H24N2O2S/c19-9-8-18-13-16(3-1-15(18)20)4-6-17(7-5-16)11-14-2-10-21-12-14/h2,10,12,19H,1,3-9,11,13H2. The predicted molar refractivity (Wildman–Crippen MR) is 84.2 cm³/mol. The molecule has 1 N–H and O–H groups in total. The van der Waals surface area contributed by atoms with Crippen molar-refractivity contribution in [3.63, 3.8) is 0 Å². The van der Waals surface area contributed by atoms with Gasteiger partial charge in [-0.2, -0.15) is 11.3 Å². The van der Waals surface area contributed by atoms with Gasteiger partial charge in [0.1, 0.15) is 0 Å². The molecule has 2 aliphatic rings. The minimum Gasteiger partial charge on any atom is -0.395 e. The number of thiophene rings is 1. The number of likely N-dealkylation sites (tertiary alicyclic amines) is 2. The largest absolute Gasteiger partial charge is 0.395 e. The molecule has 21 heavy (non-hydrogen) atoms. The third-order valence-corrected chi connectivity index (χ3v) is 5.75. The number of piperidine rings is 2. The smallest absolute Gasteiger partial charge is 0.222 e. The van der Waals surface area contributed by atoms with Crippen molar-refractivity contribution >= 4 is 17.2 Å².